The van der Waals surface area contributed by atoms with Crippen molar-refractivity contribution in [2.24, 2.45) is 11.5 Å². The van der Waals surface area contributed by atoms with Crippen LogP contribution in [0.15, 0.2) is 54.6 Å². The fraction of sp³-hybridized carbons (Fsp3) is 0. The number of primary amides is 2. The van der Waals surface area contributed by atoms with Crippen LogP contribution in [0.2, 0.25) is 0 Å². The molecule has 9 nitrogen and oxygen atoms in total. The van der Waals surface area contributed by atoms with E-state index in [0.29, 0.717) is 5.56 Å². The summed E-state index contributed by atoms with van der Waals surface area (Å²) in [5.74, 6) is -1.57. The van der Waals surface area contributed by atoms with Crippen LogP contribution in [0.5, 0.6) is 11.5 Å². The van der Waals surface area contributed by atoms with E-state index < -0.39 is 28.2 Å². The lowest BCUT2D eigenvalue weighted by Gasteiger charge is -1.98. The highest BCUT2D eigenvalue weighted by Crippen LogP contribution is 2.29. The second kappa shape index (κ2) is 9.99. The van der Waals surface area contributed by atoms with Crippen LogP contribution in [-0.4, -0.2) is 27.0 Å². The number of para-hydroxylation sites is 2. The largest absolute Gasteiger partial charge is 0.507 e. The first-order valence-corrected chi connectivity index (χ1v) is 7.41. The highest BCUT2D eigenvalue weighted by Gasteiger charge is 2.14. The summed E-state index contributed by atoms with van der Waals surface area (Å²) in [6, 6.07) is 10.7. The van der Waals surface area contributed by atoms with Crippen LogP contribution in [0.1, 0.15) is 11.1 Å². The van der Waals surface area contributed by atoms with Gasteiger partial charge in [-0.15, -0.1) is 0 Å². The number of nitro groups is 1. The van der Waals surface area contributed by atoms with Crippen LogP contribution >= 0.6 is 0 Å². The molecule has 2 rings (SSSR count). The van der Waals surface area contributed by atoms with Gasteiger partial charge in [0, 0.05) is 29.3 Å². The summed E-state index contributed by atoms with van der Waals surface area (Å²) in [6.07, 6.45) is 4.90. The Balaban J connectivity index is 0.000000277. The second-order valence-corrected chi connectivity index (χ2v) is 5.00. The van der Waals surface area contributed by atoms with E-state index >= 15 is 0 Å². The van der Waals surface area contributed by atoms with Crippen molar-refractivity contribution in [3.63, 3.8) is 0 Å². The van der Waals surface area contributed by atoms with E-state index in [1.54, 1.807) is 24.3 Å². The Hall–Kier alpha value is -4.14. The Labute approximate surface area is 154 Å². The van der Waals surface area contributed by atoms with Crippen LogP contribution in [0.25, 0.3) is 12.2 Å². The number of hydrogen-bond donors (Lipinski definition) is 4. The summed E-state index contributed by atoms with van der Waals surface area (Å²) < 4.78 is 0. The van der Waals surface area contributed by atoms with Gasteiger partial charge in [0.25, 0.3) is 0 Å². The minimum absolute atomic E-state index is 0.134. The fourth-order valence-electron chi connectivity index (χ4n) is 1.80. The zero-order chi connectivity index (χ0) is 20.4. The van der Waals surface area contributed by atoms with Crippen molar-refractivity contribution >= 4 is 29.7 Å². The summed E-state index contributed by atoms with van der Waals surface area (Å²) >= 11 is 0. The van der Waals surface area contributed by atoms with Crippen molar-refractivity contribution < 1.29 is 24.7 Å². The summed E-state index contributed by atoms with van der Waals surface area (Å²) in [6.45, 7) is 0. The van der Waals surface area contributed by atoms with E-state index in [0.717, 1.165) is 12.1 Å². The van der Waals surface area contributed by atoms with Gasteiger partial charge < -0.3 is 21.7 Å². The topological polar surface area (TPSA) is 170 Å². The Kier molecular flexibility index (Phi) is 7.73. The van der Waals surface area contributed by atoms with Gasteiger partial charge in [0.05, 0.1) is 4.92 Å². The summed E-state index contributed by atoms with van der Waals surface area (Å²) in [5, 5.41) is 29.1. The van der Waals surface area contributed by atoms with Crippen LogP contribution < -0.4 is 11.5 Å². The van der Waals surface area contributed by atoms with Crippen LogP contribution in [-0.2, 0) is 9.59 Å². The maximum Gasteiger partial charge on any atom is 0.311 e. The predicted octanol–water partition coefficient (Wildman–Crippen LogP) is 1.69. The molecule has 0 radical (unpaired) electrons. The number of carbonyl (C=O) groups excluding carboxylic acids is 2. The Morgan fingerprint density at radius 3 is 1.93 bits per heavy atom. The number of nitrogens with zero attached hydrogens (tertiary/aromatic N) is 1. The zero-order valence-corrected chi connectivity index (χ0v) is 14.0. The number of benzene rings is 2. The molecule has 0 bridgehead atoms. The fourth-order valence-corrected chi connectivity index (χ4v) is 1.80. The number of carbonyl (C=O) groups is 2. The first-order chi connectivity index (χ1) is 12.7. The van der Waals surface area contributed by atoms with Crippen molar-refractivity contribution in [2.75, 3.05) is 0 Å². The lowest BCUT2D eigenvalue weighted by atomic mass is 10.1. The average molecular weight is 371 g/mol. The molecule has 9 heteroatoms. The summed E-state index contributed by atoms with van der Waals surface area (Å²) in [5.41, 5.74) is 10.1. The molecule has 140 valence electrons. The third kappa shape index (κ3) is 7.10. The van der Waals surface area contributed by atoms with Gasteiger partial charge in [0.1, 0.15) is 5.75 Å². The van der Waals surface area contributed by atoms with Crippen LogP contribution in [0, 0.1) is 10.1 Å². The quantitative estimate of drug-likeness (QED) is 0.354. The van der Waals surface area contributed by atoms with Gasteiger partial charge in [-0.05, 0) is 18.2 Å². The molecule has 0 aliphatic rings. The molecule has 2 amide bonds. The molecule has 0 heterocycles. The second-order valence-electron chi connectivity index (χ2n) is 5.00. The number of aromatic hydroxyl groups is 2. The molecule has 0 aliphatic heterocycles. The van der Waals surface area contributed by atoms with Crippen LogP contribution in [0.3, 0.4) is 0 Å². The molecule has 0 saturated carbocycles. The predicted molar refractivity (Wildman–Crippen MR) is 99.3 cm³/mol. The number of amides is 2. The van der Waals surface area contributed by atoms with Crippen LogP contribution in [0.4, 0.5) is 5.69 Å². The number of phenols is 2. The number of phenolic OH excluding ortho intramolecular Hbond substituents is 2. The highest BCUT2D eigenvalue weighted by molar-refractivity contribution is 5.91. The Bertz CT molecular complexity index is 906. The molecule has 2 aromatic carbocycles. The monoisotopic (exact) mass is 371 g/mol. The van der Waals surface area contributed by atoms with Gasteiger partial charge in [-0.2, -0.15) is 0 Å². The molecule has 0 fully saturated rings. The van der Waals surface area contributed by atoms with Crippen molar-refractivity contribution in [3.05, 3.63) is 75.9 Å². The molecule has 0 aliphatic carbocycles. The normalized spacial score (nSPS) is 10.4. The molecule has 6 N–H and O–H groups in total. The van der Waals surface area contributed by atoms with Crippen molar-refractivity contribution in [2.45, 2.75) is 0 Å². The standard InChI is InChI=1S/C9H8N2O4.C9H9NO2/c10-8(12)5-4-6-2-1-3-7(9(6)13)11(14)15;10-9(12)6-5-7-3-1-2-4-8(7)11/h1-5,13H,(H2,10,12);1-6,11H,(H2,10,12). The highest BCUT2D eigenvalue weighted by atomic mass is 16.6. The minimum Gasteiger partial charge on any atom is -0.507 e. The molecular formula is C18H17N3O6. The van der Waals surface area contributed by atoms with Gasteiger partial charge in [-0.3, -0.25) is 19.7 Å². The maximum absolute atomic E-state index is 10.4. The molecule has 0 unspecified atom stereocenters. The van der Waals surface area contributed by atoms with E-state index in [2.05, 4.69) is 0 Å². The lowest BCUT2D eigenvalue weighted by Crippen LogP contribution is -2.05. The van der Waals surface area contributed by atoms with Crippen molar-refractivity contribution in [1.82, 2.24) is 0 Å². The van der Waals surface area contributed by atoms with Gasteiger partial charge in [0.15, 0.2) is 0 Å². The number of nitrogens with two attached hydrogens (primary N) is 2. The smallest absolute Gasteiger partial charge is 0.311 e. The first-order valence-electron chi connectivity index (χ1n) is 7.41. The summed E-state index contributed by atoms with van der Waals surface area (Å²) in [4.78, 5) is 30.5. The number of hydrogen-bond acceptors (Lipinski definition) is 6. The van der Waals surface area contributed by atoms with E-state index in [1.165, 1.54) is 30.4 Å². The number of rotatable bonds is 5. The Morgan fingerprint density at radius 2 is 1.41 bits per heavy atom. The SMILES string of the molecule is NC(=O)C=Cc1cccc([N+](=O)[O-])c1O.NC(=O)C=Cc1ccccc1O. The maximum atomic E-state index is 10.4. The van der Waals surface area contributed by atoms with Gasteiger partial charge in [-0.25, -0.2) is 0 Å². The molecule has 27 heavy (non-hydrogen) atoms. The molecule has 0 spiro atoms. The van der Waals surface area contributed by atoms with E-state index in [-0.39, 0.29) is 11.3 Å². The average Bonchev–Trinajstić information content (AvgIpc) is 2.60. The van der Waals surface area contributed by atoms with Crippen molar-refractivity contribution in [3.8, 4) is 11.5 Å². The van der Waals surface area contributed by atoms with E-state index in [9.17, 15) is 29.9 Å². The van der Waals surface area contributed by atoms with Gasteiger partial charge in [-0.1, -0.05) is 30.3 Å². The third-order valence-electron chi connectivity index (χ3n) is 3.03. The first kappa shape index (κ1) is 20.9. The van der Waals surface area contributed by atoms with E-state index in [1.807, 2.05) is 0 Å². The molecular weight excluding hydrogens is 354 g/mol. The van der Waals surface area contributed by atoms with Gasteiger partial charge in [0.2, 0.25) is 17.6 Å². The summed E-state index contributed by atoms with van der Waals surface area (Å²) in [7, 11) is 0. The zero-order valence-electron chi connectivity index (χ0n) is 14.0. The molecule has 2 aromatic rings. The molecule has 0 aromatic heterocycles. The lowest BCUT2D eigenvalue weighted by molar-refractivity contribution is -0.385. The third-order valence-corrected chi connectivity index (χ3v) is 3.03. The minimum atomic E-state index is -0.711. The molecule has 0 saturated heterocycles. The van der Waals surface area contributed by atoms with Crippen molar-refractivity contribution in [1.29, 1.82) is 0 Å². The number of nitro benzene ring substituents is 1. The Morgan fingerprint density at radius 1 is 0.889 bits per heavy atom. The van der Waals surface area contributed by atoms with E-state index in [4.69, 9.17) is 11.5 Å². The molecule has 0 atom stereocenters. The van der Waals surface area contributed by atoms with Gasteiger partial charge >= 0.3 is 5.69 Å².